The highest BCUT2D eigenvalue weighted by molar-refractivity contribution is 7.46. The van der Waals surface area contributed by atoms with Crippen molar-refractivity contribution in [3.05, 3.63) is 23.0 Å². The number of pyridine rings is 1. The van der Waals surface area contributed by atoms with Crippen LogP contribution in [0.15, 0.2) is 11.2 Å². The molecular formula is C10H13F2N2O5P. The van der Waals surface area contributed by atoms with Gasteiger partial charge >= 0.3 is 7.82 Å². The lowest BCUT2D eigenvalue weighted by atomic mass is 10.1. The maximum atomic E-state index is 12.0. The first-order valence-electron chi connectivity index (χ1n) is 5.36. The molecule has 1 aromatic heterocycles. The normalized spacial score (nSPS) is 12.5. The number of aromatic hydroxyl groups is 1. The number of hydrogen-bond donors (Lipinski definition) is 3. The van der Waals surface area contributed by atoms with E-state index in [2.05, 4.69) is 14.5 Å². The number of aromatic nitrogens is 1. The molecule has 7 nitrogen and oxygen atoms in total. The minimum atomic E-state index is -4.69. The number of aliphatic imine (C=N–C) groups is 1. The van der Waals surface area contributed by atoms with E-state index in [9.17, 15) is 18.5 Å². The van der Waals surface area contributed by atoms with E-state index in [0.717, 1.165) is 6.21 Å². The van der Waals surface area contributed by atoms with Crippen molar-refractivity contribution < 1.29 is 32.8 Å². The summed E-state index contributed by atoms with van der Waals surface area (Å²) in [7, 11) is -4.69. The molecule has 0 saturated heterocycles. The summed E-state index contributed by atoms with van der Waals surface area (Å²) in [4.78, 5) is 24.5. The SMILES string of the molecule is Cc1ncc(COP(=O)(O)O)c(C=NCC(F)F)c1O. The molecule has 0 amide bonds. The fourth-order valence-electron chi connectivity index (χ4n) is 1.29. The van der Waals surface area contributed by atoms with E-state index in [4.69, 9.17) is 9.79 Å². The third-order valence-electron chi connectivity index (χ3n) is 2.21. The summed E-state index contributed by atoms with van der Waals surface area (Å²) in [5.74, 6) is -0.310. The van der Waals surface area contributed by atoms with Crippen LogP contribution in [0, 0.1) is 6.92 Å². The Kier molecular flexibility index (Phi) is 5.70. The van der Waals surface area contributed by atoms with Crippen molar-refractivity contribution in [3.63, 3.8) is 0 Å². The monoisotopic (exact) mass is 310 g/mol. The minimum absolute atomic E-state index is 0.0339. The molecule has 1 aromatic rings. The van der Waals surface area contributed by atoms with E-state index in [-0.39, 0.29) is 22.6 Å². The average Bonchev–Trinajstić information content (AvgIpc) is 2.32. The summed E-state index contributed by atoms with van der Waals surface area (Å²) in [5.41, 5.74) is 0.379. The van der Waals surface area contributed by atoms with E-state index < -0.39 is 27.4 Å². The quantitative estimate of drug-likeness (QED) is 0.540. The van der Waals surface area contributed by atoms with Crippen LogP contribution in [0.25, 0.3) is 0 Å². The van der Waals surface area contributed by atoms with Gasteiger partial charge in [-0.25, -0.2) is 13.3 Å². The Balaban J connectivity index is 3.02. The maximum absolute atomic E-state index is 12.0. The summed E-state index contributed by atoms with van der Waals surface area (Å²) < 4.78 is 38.9. The molecule has 0 radical (unpaired) electrons. The molecule has 0 spiro atoms. The van der Waals surface area contributed by atoms with Crippen molar-refractivity contribution in [2.24, 2.45) is 4.99 Å². The largest absolute Gasteiger partial charge is 0.505 e. The third-order valence-corrected chi connectivity index (χ3v) is 2.68. The fourth-order valence-corrected chi connectivity index (χ4v) is 1.60. The molecule has 3 N–H and O–H groups in total. The zero-order valence-electron chi connectivity index (χ0n) is 10.4. The van der Waals surface area contributed by atoms with Gasteiger partial charge in [-0.2, -0.15) is 0 Å². The van der Waals surface area contributed by atoms with Crippen LogP contribution in [0.3, 0.4) is 0 Å². The second-order valence-electron chi connectivity index (χ2n) is 3.78. The maximum Gasteiger partial charge on any atom is 0.469 e. The lowest BCUT2D eigenvalue weighted by molar-refractivity contribution is 0.159. The minimum Gasteiger partial charge on any atom is -0.505 e. The van der Waals surface area contributed by atoms with Crippen LogP contribution in [-0.2, 0) is 15.7 Å². The van der Waals surface area contributed by atoms with Crippen LogP contribution >= 0.6 is 7.82 Å². The van der Waals surface area contributed by atoms with Gasteiger partial charge in [0, 0.05) is 23.5 Å². The first-order chi connectivity index (χ1) is 9.20. The Morgan fingerprint density at radius 3 is 2.75 bits per heavy atom. The smallest absolute Gasteiger partial charge is 0.469 e. The number of rotatable bonds is 6. The van der Waals surface area contributed by atoms with Crippen LogP contribution in [0.5, 0.6) is 5.75 Å². The lowest BCUT2D eigenvalue weighted by Gasteiger charge is -2.10. The van der Waals surface area contributed by atoms with Gasteiger partial charge in [0.1, 0.15) is 5.75 Å². The Labute approximate surface area is 113 Å². The Bertz CT molecular complexity index is 547. The first-order valence-corrected chi connectivity index (χ1v) is 6.89. The van der Waals surface area contributed by atoms with E-state index in [0.29, 0.717) is 0 Å². The molecule has 0 saturated carbocycles. The zero-order chi connectivity index (χ0) is 15.3. The van der Waals surface area contributed by atoms with E-state index in [1.807, 2.05) is 0 Å². The summed E-state index contributed by atoms with van der Waals surface area (Å²) in [6.07, 6.45) is -0.422. The third kappa shape index (κ3) is 5.30. The molecule has 1 rings (SSSR count). The van der Waals surface area contributed by atoms with E-state index >= 15 is 0 Å². The number of phosphoric ester groups is 1. The van der Waals surface area contributed by atoms with Crippen molar-refractivity contribution in [1.82, 2.24) is 4.98 Å². The van der Waals surface area contributed by atoms with Crippen LogP contribution < -0.4 is 0 Å². The Morgan fingerprint density at radius 2 is 2.20 bits per heavy atom. The molecule has 0 unspecified atom stereocenters. The second-order valence-corrected chi connectivity index (χ2v) is 5.02. The predicted molar refractivity (Wildman–Crippen MR) is 65.9 cm³/mol. The topological polar surface area (TPSA) is 112 Å². The molecular weight excluding hydrogens is 297 g/mol. The van der Waals surface area contributed by atoms with Crippen molar-refractivity contribution in [1.29, 1.82) is 0 Å². The Hall–Kier alpha value is -1.41. The predicted octanol–water partition coefficient (Wildman–Crippen LogP) is 1.39. The first kappa shape index (κ1) is 16.6. The molecule has 0 atom stereocenters. The van der Waals surface area contributed by atoms with Crippen molar-refractivity contribution in [3.8, 4) is 5.75 Å². The van der Waals surface area contributed by atoms with Crippen LogP contribution in [0.1, 0.15) is 16.8 Å². The van der Waals surface area contributed by atoms with Gasteiger partial charge in [-0.3, -0.25) is 14.5 Å². The van der Waals surface area contributed by atoms with Gasteiger partial charge in [-0.15, -0.1) is 0 Å². The highest BCUT2D eigenvalue weighted by atomic mass is 31.2. The summed E-state index contributed by atoms with van der Waals surface area (Å²) in [6.45, 7) is 0.189. The van der Waals surface area contributed by atoms with Gasteiger partial charge < -0.3 is 14.9 Å². The van der Waals surface area contributed by atoms with Gasteiger partial charge in [0.15, 0.2) is 0 Å². The molecule has 20 heavy (non-hydrogen) atoms. The number of alkyl halides is 2. The molecule has 0 aliphatic heterocycles. The number of aryl methyl sites for hydroxylation is 1. The van der Waals surface area contributed by atoms with Crippen LogP contribution in [-0.4, -0.2) is 39.1 Å². The van der Waals surface area contributed by atoms with E-state index in [1.165, 1.54) is 13.1 Å². The fraction of sp³-hybridized carbons (Fsp3) is 0.400. The van der Waals surface area contributed by atoms with Gasteiger partial charge in [0.2, 0.25) is 0 Å². The molecule has 0 aliphatic rings. The van der Waals surface area contributed by atoms with Gasteiger partial charge in [-0.05, 0) is 6.92 Å². The highest BCUT2D eigenvalue weighted by Gasteiger charge is 2.17. The lowest BCUT2D eigenvalue weighted by Crippen LogP contribution is -2.02. The van der Waals surface area contributed by atoms with Crippen molar-refractivity contribution in [2.75, 3.05) is 6.54 Å². The molecule has 10 heteroatoms. The number of halogens is 2. The zero-order valence-corrected chi connectivity index (χ0v) is 11.3. The van der Waals surface area contributed by atoms with Gasteiger partial charge in [0.05, 0.1) is 18.8 Å². The number of hydrogen-bond acceptors (Lipinski definition) is 5. The van der Waals surface area contributed by atoms with Gasteiger partial charge in [0.25, 0.3) is 6.43 Å². The standard InChI is InChI=1S/C10H13F2N2O5P/c1-6-10(15)8(3-13-4-9(11)12)7(2-14-6)5-19-20(16,17)18/h2-3,9,15H,4-5H2,1H3,(H2,16,17,18). The Morgan fingerprint density at radius 1 is 1.55 bits per heavy atom. The summed E-state index contributed by atoms with van der Waals surface area (Å²) in [5, 5.41) is 9.78. The molecule has 0 aromatic carbocycles. The van der Waals surface area contributed by atoms with E-state index in [1.54, 1.807) is 0 Å². The molecule has 0 aliphatic carbocycles. The van der Waals surface area contributed by atoms with Crippen LogP contribution in [0.4, 0.5) is 8.78 Å². The molecule has 0 fully saturated rings. The highest BCUT2D eigenvalue weighted by Crippen LogP contribution is 2.37. The number of phosphoric acid groups is 1. The average molecular weight is 310 g/mol. The van der Waals surface area contributed by atoms with Gasteiger partial charge in [-0.1, -0.05) is 0 Å². The second kappa shape index (κ2) is 6.85. The summed E-state index contributed by atoms with van der Waals surface area (Å²) >= 11 is 0. The molecule has 112 valence electrons. The summed E-state index contributed by atoms with van der Waals surface area (Å²) in [6, 6.07) is 0. The molecule has 0 bridgehead atoms. The molecule has 1 heterocycles. The van der Waals surface area contributed by atoms with Crippen LogP contribution in [0.2, 0.25) is 0 Å². The van der Waals surface area contributed by atoms with Crippen molar-refractivity contribution in [2.45, 2.75) is 20.0 Å². The number of nitrogens with zero attached hydrogens (tertiary/aromatic N) is 2. The van der Waals surface area contributed by atoms with Crippen molar-refractivity contribution >= 4 is 14.0 Å².